The Bertz CT molecular complexity index is 1250. The van der Waals surface area contributed by atoms with Crippen molar-refractivity contribution >= 4 is 62.0 Å². The molecule has 0 radical (unpaired) electrons. The van der Waals surface area contributed by atoms with E-state index in [4.69, 9.17) is 23.2 Å². The molecule has 4 rings (SSSR count). The minimum atomic E-state index is -4.69. The van der Waals surface area contributed by atoms with E-state index in [9.17, 15) is 13.2 Å². The van der Waals surface area contributed by atoms with Gasteiger partial charge in [-0.25, -0.2) is 4.99 Å². The van der Waals surface area contributed by atoms with Gasteiger partial charge in [-0.1, -0.05) is 71.7 Å². The fourth-order valence-corrected chi connectivity index (χ4v) is 3.58. The third-order valence-electron chi connectivity index (χ3n) is 4.47. The molecule has 0 unspecified atom stereocenters. The van der Waals surface area contributed by atoms with Crippen LogP contribution < -0.4 is 5.32 Å². The summed E-state index contributed by atoms with van der Waals surface area (Å²) in [5, 5.41) is 5.74. The molecule has 0 saturated carbocycles. The van der Waals surface area contributed by atoms with Crippen LogP contribution in [0.15, 0.2) is 77.8 Å². The zero-order chi connectivity index (χ0) is 20.6. The third-order valence-corrected chi connectivity index (χ3v) is 5.13. The lowest BCUT2D eigenvalue weighted by Crippen LogP contribution is -2.30. The predicted octanol–water partition coefficient (Wildman–Crippen LogP) is 8.00. The zero-order valence-electron chi connectivity index (χ0n) is 14.8. The van der Waals surface area contributed by atoms with Crippen molar-refractivity contribution < 1.29 is 13.2 Å². The number of rotatable bonds is 2. The molecule has 29 heavy (non-hydrogen) atoms. The lowest BCUT2D eigenvalue weighted by Gasteiger charge is -2.16. The second kappa shape index (κ2) is 7.58. The molecule has 0 aromatic heterocycles. The van der Waals surface area contributed by atoms with Crippen molar-refractivity contribution in [3.63, 3.8) is 0 Å². The average molecular weight is 433 g/mol. The van der Waals surface area contributed by atoms with Crippen LogP contribution in [0.1, 0.15) is 0 Å². The minimum absolute atomic E-state index is 0.170. The first-order valence-corrected chi connectivity index (χ1v) is 9.37. The second-order valence-electron chi connectivity index (χ2n) is 6.34. The molecule has 0 aliphatic carbocycles. The highest BCUT2D eigenvalue weighted by molar-refractivity contribution is 6.36. The molecule has 0 heterocycles. The van der Waals surface area contributed by atoms with Crippen molar-refractivity contribution in [2.24, 2.45) is 4.99 Å². The Kier molecular flexibility index (Phi) is 5.11. The van der Waals surface area contributed by atoms with Gasteiger partial charge in [-0.2, -0.15) is 13.2 Å². The van der Waals surface area contributed by atoms with Crippen molar-refractivity contribution in [2.75, 3.05) is 5.32 Å². The van der Waals surface area contributed by atoms with E-state index in [1.54, 1.807) is 54.6 Å². The number of hydrogen-bond acceptors (Lipinski definition) is 1. The summed E-state index contributed by atoms with van der Waals surface area (Å²) < 4.78 is 41.4. The third kappa shape index (κ3) is 3.88. The van der Waals surface area contributed by atoms with E-state index in [1.807, 2.05) is 0 Å². The van der Waals surface area contributed by atoms with E-state index in [-0.39, 0.29) is 11.4 Å². The Labute approximate surface area is 174 Å². The van der Waals surface area contributed by atoms with Crippen LogP contribution in [0.4, 0.5) is 24.5 Å². The lowest BCUT2D eigenvalue weighted by atomic mass is 10.1. The molecule has 0 fully saturated rings. The van der Waals surface area contributed by atoms with Gasteiger partial charge in [-0.15, -0.1) is 0 Å². The van der Waals surface area contributed by atoms with Crippen molar-refractivity contribution in [3.8, 4) is 0 Å². The summed E-state index contributed by atoms with van der Waals surface area (Å²) in [4.78, 5) is 3.91. The maximum atomic E-state index is 13.8. The highest BCUT2D eigenvalue weighted by Crippen LogP contribution is 2.35. The zero-order valence-corrected chi connectivity index (χ0v) is 16.3. The first-order valence-electron chi connectivity index (χ1n) is 8.62. The van der Waals surface area contributed by atoms with Gasteiger partial charge >= 0.3 is 6.18 Å². The van der Waals surface area contributed by atoms with Crippen LogP contribution in [-0.4, -0.2) is 12.0 Å². The first-order chi connectivity index (χ1) is 13.8. The van der Waals surface area contributed by atoms with E-state index in [0.29, 0.717) is 31.6 Å². The number of benzene rings is 4. The van der Waals surface area contributed by atoms with Gasteiger partial charge in [0.05, 0.1) is 5.69 Å². The summed E-state index contributed by atoms with van der Waals surface area (Å²) in [6.07, 6.45) is -4.69. The van der Waals surface area contributed by atoms with E-state index >= 15 is 0 Å². The van der Waals surface area contributed by atoms with Crippen LogP contribution in [0, 0.1) is 0 Å². The van der Waals surface area contributed by atoms with Crippen molar-refractivity contribution in [1.82, 2.24) is 0 Å². The average Bonchev–Trinajstić information content (AvgIpc) is 2.71. The van der Waals surface area contributed by atoms with E-state index < -0.39 is 12.0 Å². The van der Waals surface area contributed by atoms with E-state index in [1.165, 1.54) is 18.2 Å². The molecule has 0 amide bonds. The molecular weight excluding hydrogens is 420 g/mol. The molecule has 0 saturated heterocycles. The van der Waals surface area contributed by atoms with Crippen molar-refractivity contribution in [1.29, 1.82) is 0 Å². The topological polar surface area (TPSA) is 24.4 Å². The van der Waals surface area contributed by atoms with Crippen LogP contribution in [-0.2, 0) is 0 Å². The summed E-state index contributed by atoms with van der Waals surface area (Å²) >= 11 is 12.3. The lowest BCUT2D eigenvalue weighted by molar-refractivity contribution is -0.0586. The number of nitrogens with one attached hydrogen (secondary N) is 1. The second-order valence-corrected chi connectivity index (χ2v) is 7.15. The smallest absolute Gasteiger partial charge is 0.336 e. The van der Waals surface area contributed by atoms with E-state index in [2.05, 4.69) is 10.3 Å². The molecule has 0 spiro atoms. The SMILES string of the molecule is FC(F)(F)C(=Nc1ccc(Cl)c2ccccc12)Nc1ccc(Cl)c2ccccc12. The molecule has 4 aromatic rings. The van der Waals surface area contributed by atoms with Gasteiger partial charge in [-0.3, -0.25) is 0 Å². The number of halogens is 5. The number of nitrogens with zero attached hydrogens (tertiary/aromatic N) is 1. The number of alkyl halides is 3. The Hall–Kier alpha value is -2.76. The first kappa shape index (κ1) is 19.6. The Balaban J connectivity index is 1.86. The summed E-state index contributed by atoms with van der Waals surface area (Å²) in [5.41, 5.74) is 0.433. The maximum absolute atomic E-state index is 13.8. The maximum Gasteiger partial charge on any atom is 0.449 e. The molecule has 2 nitrogen and oxygen atoms in total. The Morgan fingerprint density at radius 3 is 1.83 bits per heavy atom. The summed E-state index contributed by atoms with van der Waals surface area (Å²) in [6, 6.07) is 20.0. The van der Waals surface area contributed by atoms with Crippen LogP contribution in [0.5, 0.6) is 0 Å². The van der Waals surface area contributed by atoms with Gasteiger partial charge in [0.2, 0.25) is 5.84 Å². The number of aliphatic imine (C=N–C) groups is 1. The molecule has 1 N–H and O–H groups in total. The molecule has 0 aliphatic heterocycles. The standard InChI is InChI=1S/C22H13Cl2F3N2/c23-17-9-11-19(15-7-3-1-5-13(15)17)28-21(22(25,26)27)29-20-12-10-18(24)14-6-2-4-8-16(14)20/h1-12H,(H,28,29). The van der Waals surface area contributed by atoms with Crippen LogP contribution in [0.3, 0.4) is 0 Å². The number of amidine groups is 1. The van der Waals surface area contributed by atoms with Crippen molar-refractivity contribution in [2.45, 2.75) is 6.18 Å². The molecule has 7 heteroatoms. The van der Waals surface area contributed by atoms with Gasteiger partial charge in [0.1, 0.15) is 0 Å². The quantitative estimate of drug-likeness (QED) is 0.251. The largest absolute Gasteiger partial charge is 0.449 e. The molecular formula is C22H13Cl2F3N2. The molecule has 4 aromatic carbocycles. The predicted molar refractivity (Wildman–Crippen MR) is 115 cm³/mol. The van der Waals surface area contributed by atoms with Crippen LogP contribution in [0.2, 0.25) is 10.0 Å². The highest BCUT2D eigenvalue weighted by atomic mass is 35.5. The molecule has 0 atom stereocenters. The van der Waals surface area contributed by atoms with Crippen LogP contribution in [0.25, 0.3) is 21.5 Å². The van der Waals surface area contributed by atoms with Gasteiger partial charge in [0, 0.05) is 37.3 Å². The summed E-state index contributed by atoms with van der Waals surface area (Å²) in [7, 11) is 0. The Morgan fingerprint density at radius 1 is 0.690 bits per heavy atom. The van der Waals surface area contributed by atoms with Gasteiger partial charge < -0.3 is 5.32 Å². The van der Waals surface area contributed by atoms with Crippen molar-refractivity contribution in [3.05, 3.63) is 82.8 Å². The molecule has 0 aliphatic rings. The van der Waals surface area contributed by atoms with Gasteiger partial charge in [-0.05, 0) is 24.3 Å². The summed E-state index contributed by atoms with van der Waals surface area (Å²) in [5.74, 6) is -1.13. The normalized spacial score (nSPS) is 12.5. The fourth-order valence-electron chi connectivity index (χ4n) is 3.13. The number of fused-ring (bicyclic) bond motifs is 2. The highest BCUT2D eigenvalue weighted by Gasteiger charge is 2.36. The fraction of sp³-hybridized carbons (Fsp3) is 0.0455. The molecule has 0 bridgehead atoms. The minimum Gasteiger partial charge on any atom is -0.336 e. The monoisotopic (exact) mass is 432 g/mol. The number of hydrogen-bond donors (Lipinski definition) is 1. The summed E-state index contributed by atoms with van der Waals surface area (Å²) in [6.45, 7) is 0. The van der Waals surface area contributed by atoms with Gasteiger partial charge in [0.15, 0.2) is 0 Å². The van der Waals surface area contributed by atoms with Crippen LogP contribution >= 0.6 is 23.2 Å². The van der Waals surface area contributed by atoms with Gasteiger partial charge in [0.25, 0.3) is 0 Å². The van der Waals surface area contributed by atoms with E-state index in [0.717, 1.165) is 0 Å². The number of anilines is 1. The molecule has 146 valence electrons. The Morgan fingerprint density at radius 2 is 1.21 bits per heavy atom.